The molecule has 188 valence electrons. The number of imidazole rings is 1. The van der Waals surface area contributed by atoms with Gasteiger partial charge in [-0.1, -0.05) is 30.9 Å². The fourth-order valence-corrected chi connectivity index (χ4v) is 4.60. The first kappa shape index (κ1) is 25.2. The lowest BCUT2D eigenvalue weighted by Crippen LogP contribution is -2.52. The van der Waals surface area contributed by atoms with Gasteiger partial charge in [-0.2, -0.15) is 0 Å². The van der Waals surface area contributed by atoms with Crippen LogP contribution in [0.5, 0.6) is 5.75 Å². The van der Waals surface area contributed by atoms with Gasteiger partial charge >= 0.3 is 0 Å². The Morgan fingerprint density at radius 2 is 2.00 bits per heavy atom. The van der Waals surface area contributed by atoms with E-state index in [1.165, 1.54) is 4.90 Å². The van der Waals surface area contributed by atoms with Crippen LogP contribution in [-0.2, 0) is 22.7 Å². The van der Waals surface area contributed by atoms with Crippen molar-refractivity contribution in [3.05, 3.63) is 82.5 Å². The number of rotatable bonds is 8. The number of carbonyl (C=O) groups excluding carboxylic acids is 3. The number of aromatic nitrogens is 2. The molecule has 0 saturated carbocycles. The Bertz CT molecular complexity index is 1300. The third kappa shape index (κ3) is 5.03. The molecule has 2 aliphatic rings. The summed E-state index contributed by atoms with van der Waals surface area (Å²) in [6, 6.07) is 4.73. The standard InChI is InChI=1S/C28H32N4O4/c1-6-21(14-31-19(4)18(3)29-20(31)5)11-10-17(2)16-36-25-9-7-8-22-23(25)15-32(28(22)35)24-12-13-26(33)30-27(24)34/h6-11,24H,1,12-16H2,2-5H3,(H,30,33,34)/b17-10+,21-11+. The number of aryl methyl sites for hydroxylation is 2. The van der Waals surface area contributed by atoms with Gasteiger partial charge in [-0.25, -0.2) is 4.98 Å². The van der Waals surface area contributed by atoms with E-state index in [1.807, 2.05) is 45.1 Å². The molecule has 0 aliphatic carbocycles. The van der Waals surface area contributed by atoms with Crippen LogP contribution in [0.2, 0.25) is 0 Å². The fourth-order valence-electron chi connectivity index (χ4n) is 4.60. The Hall–Kier alpha value is -3.94. The van der Waals surface area contributed by atoms with Gasteiger partial charge in [-0.3, -0.25) is 19.7 Å². The van der Waals surface area contributed by atoms with Gasteiger partial charge in [0.25, 0.3) is 5.91 Å². The maximum absolute atomic E-state index is 13.0. The van der Waals surface area contributed by atoms with Gasteiger partial charge in [0.2, 0.25) is 11.8 Å². The predicted octanol–water partition coefficient (Wildman–Crippen LogP) is 3.71. The van der Waals surface area contributed by atoms with Crippen molar-refractivity contribution in [2.75, 3.05) is 6.61 Å². The number of nitrogens with zero attached hydrogens (tertiary/aromatic N) is 3. The van der Waals surface area contributed by atoms with E-state index < -0.39 is 11.9 Å². The first-order chi connectivity index (χ1) is 17.2. The summed E-state index contributed by atoms with van der Waals surface area (Å²) >= 11 is 0. The van der Waals surface area contributed by atoms with E-state index in [2.05, 4.69) is 28.4 Å². The molecule has 0 radical (unpaired) electrons. The Morgan fingerprint density at radius 1 is 1.22 bits per heavy atom. The molecule has 1 atom stereocenters. The molecule has 3 amide bonds. The Kier molecular flexibility index (Phi) is 7.24. The Balaban J connectivity index is 1.44. The van der Waals surface area contributed by atoms with Crippen molar-refractivity contribution >= 4 is 17.7 Å². The van der Waals surface area contributed by atoms with Gasteiger partial charge in [0.05, 0.1) is 12.2 Å². The lowest BCUT2D eigenvalue weighted by atomic mass is 10.0. The van der Waals surface area contributed by atoms with Crippen LogP contribution < -0.4 is 10.1 Å². The van der Waals surface area contributed by atoms with Crippen LogP contribution in [0.25, 0.3) is 0 Å². The molecule has 36 heavy (non-hydrogen) atoms. The predicted molar refractivity (Wildman–Crippen MR) is 136 cm³/mol. The third-order valence-corrected chi connectivity index (χ3v) is 6.83. The van der Waals surface area contributed by atoms with Gasteiger partial charge in [-0.05, 0) is 57.4 Å². The molecule has 3 heterocycles. The number of hydrogen-bond donors (Lipinski definition) is 1. The van der Waals surface area contributed by atoms with Crippen LogP contribution in [0, 0.1) is 20.8 Å². The number of ether oxygens (including phenoxy) is 1. The van der Waals surface area contributed by atoms with E-state index in [0.717, 1.165) is 33.9 Å². The molecule has 1 saturated heterocycles. The van der Waals surface area contributed by atoms with Crippen LogP contribution in [0.4, 0.5) is 0 Å². The monoisotopic (exact) mass is 488 g/mol. The number of carbonyl (C=O) groups is 3. The van der Waals surface area contributed by atoms with Crippen molar-refractivity contribution in [2.45, 2.75) is 59.7 Å². The van der Waals surface area contributed by atoms with Crippen LogP contribution in [0.15, 0.2) is 54.2 Å². The maximum Gasteiger partial charge on any atom is 0.255 e. The second kappa shape index (κ2) is 10.4. The summed E-state index contributed by atoms with van der Waals surface area (Å²) in [7, 11) is 0. The first-order valence-electron chi connectivity index (χ1n) is 12.1. The van der Waals surface area contributed by atoms with Crippen molar-refractivity contribution < 1.29 is 19.1 Å². The van der Waals surface area contributed by atoms with Crippen LogP contribution in [0.3, 0.4) is 0 Å². The minimum absolute atomic E-state index is 0.212. The topological polar surface area (TPSA) is 93.5 Å². The molecule has 0 spiro atoms. The molecule has 2 aromatic rings. The summed E-state index contributed by atoms with van der Waals surface area (Å²) < 4.78 is 8.26. The number of imide groups is 1. The van der Waals surface area contributed by atoms with Gasteiger partial charge < -0.3 is 14.2 Å². The number of allylic oxidation sites excluding steroid dienone is 4. The lowest BCUT2D eigenvalue weighted by molar-refractivity contribution is -0.136. The number of amides is 3. The highest BCUT2D eigenvalue weighted by Crippen LogP contribution is 2.33. The normalized spacial score (nSPS) is 18.4. The van der Waals surface area contributed by atoms with Crippen molar-refractivity contribution in [3.63, 3.8) is 0 Å². The molecule has 8 heteroatoms. The van der Waals surface area contributed by atoms with Gasteiger partial charge in [0.1, 0.15) is 24.2 Å². The van der Waals surface area contributed by atoms with E-state index in [0.29, 0.717) is 30.9 Å². The highest BCUT2D eigenvalue weighted by molar-refractivity contribution is 6.05. The average molecular weight is 489 g/mol. The molecule has 0 bridgehead atoms. The van der Waals surface area contributed by atoms with Crippen LogP contribution in [0.1, 0.15) is 52.9 Å². The van der Waals surface area contributed by atoms with E-state index in [4.69, 9.17) is 4.74 Å². The first-order valence-corrected chi connectivity index (χ1v) is 12.1. The summed E-state index contributed by atoms with van der Waals surface area (Å²) in [6.45, 7) is 13.3. The van der Waals surface area contributed by atoms with E-state index in [1.54, 1.807) is 12.1 Å². The number of piperidine rings is 1. The molecular weight excluding hydrogens is 456 g/mol. The zero-order valence-corrected chi connectivity index (χ0v) is 21.3. The van der Waals surface area contributed by atoms with Crippen molar-refractivity contribution in [3.8, 4) is 5.75 Å². The minimum atomic E-state index is -0.647. The molecule has 1 aromatic heterocycles. The largest absolute Gasteiger partial charge is 0.489 e. The van der Waals surface area contributed by atoms with Crippen molar-refractivity contribution in [2.24, 2.45) is 0 Å². The number of nitrogens with one attached hydrogen (secondary N) is 1. The van der Waals surface area contributed by atoms with Crippen molar-refractivity contribution in [1.29, 1.82) is 0 Å². The zero-order chi connectivity index (χ0) is 26.0. The van der Waals surface area contributed by atoms with Crippen LogP contribution in [-0.4, -0.2) is 44.8 Å². The number of hydrogen-bond acceptors (Lipinski definition) is 5. The van der Waals surface area contributed by atoms with E-state index in [-0.39, 0.29) is 24.8 Å². The second-order valence-electron chi connectivity index (χ2n) is 9.35. The SMILES string of the molecule is C=C/C(=C\C=C(/C)COc1cccc2c1CN(C1CCC(=O)NC1=O)C2=O)Cn1c(C)nc(C)c1C. The Labute approximate surface area is 211 Å². The lowest BCUT2D eigenvalue weighted by Gasteiger charge is -2.29. The molecule has 4 rings (SSSR count). The molecule has 1 fully saturated rings. The number of fused-ring (bicyclic) bond motifs is 1. The smallest absolute Gasteiger partial charge is 0.255 e. The summed E-state index contributed by atoms with van der Waals surface area (Å²) in [4.78, 5) is 42.9. The molecule has 1 aromatic carbocycles. The third-order valence-electron chi connectivity index (χ3n) is 6.83. The van der Waals surface area contributed by atoms with Gasteiger partial charge in [-0.15, -0.1) is 0 Å². The van der Waals surface area contributed by atoms with Crippen molar-refractivity contribution in [1.82, 2.24) is 19.8 Å². The van der Waals surface area contributed by atoms with Gasteiger partial charge in [0, 0.05) is 29.8 Å². The number of benzene rings is 1. The van der Waals surface area contributed by atoms with E-state index in [9.17, 15) is 14.4 Å². The summed E-state index contributed by atoms with van der Waals surface area (Å²) in [5.41, 5.74) is 5.54. The average Bonchev–Trinajstić information content (AvgIpc) is 3.30. The Morgan fingerprint density at radius 3 is 2.67 bits per heavy atom. The quantitative estimate of drug-likeness (QED) is 0.452. The van der Waals surface area contributed by atoms with E-state index >= 15 is 0 Å². The minimum Gasteiger partial charge on any atom is -0.489 e. The highest BCUT2D eigenvalue weighted by Gasteiger charge is 2.40. The van der Waals surface area contributed by atoms with Gasteiger partial charge in [0.15, 0.2) is 0 Å². The summed E-state index contributed by atoms with van der Waals surface area (Å²) in [5.74, 6) is 0.661. The molecule has 1 N–H and O–H groups in total. The summed E-state index contributed by atoms with van der Waals surface area (Å²) in [6.07, 6.45) is 6.44. The maximum atomic E-state index is 13.0. The second-order valence-corrected chi connectivity index (χ2v) is 9.35. The summed E-state index contributed by atoms with van der Waals surface area (Å²) in [5, 5.41) is 2.33. The van der Waals surface area contributed by atoms with Crippen LogP contribution >= 0.6 is 0 Å². The fraction of sp³-hybridized carbons (Fsp3) is 0.357. The molecule has 1 unspecified atom stereocenters. The highest BCUT2D eigenvalue weighted by atomic mass is 16.5. The molecular formula is C28H32N4O4. The zero-order valence-electron chi connectivity index (χ0n) is 21.3. The molecule has 2 aliphatic heterocycles. The molecule has 8 nitrogen and oxygen atoms in total.